The number of benzene rings is 1. The van der Waals surface area contributed by atoms with Crippen LogP contribution < -0.4 is 21.1 Å². The highest BCUT2D eigenvalue weighted by Gasteiger charge is 2.38. The molecule has 3 heterocycles. The number of carboxylic acid groups (broad SMARTS) is 1. The van der Waals surface area contributed by atoms with Crippen LogP contribution in [-0.4, -0.2) is 58.0 Å². The molecule has 2 aromatic heterocycles. The molecular formula is C25H28F4N6O3. The maximum atomic E-state index is 14.6. The highest BCUT2D eigenvalue weighted by Crippen LogP contribution is 2.31. The van der Waals surface area contributed by atoms with Crippen molar-refractivity contribution in [3.63, 3.8) is 0 Å². The quantitative estimate of drug-likeness (QED) is 0.427. The van der Waals surface area contributed by atoms with Gasteiger partial charge in [-0.15, -0.1) is 0 Å². The molecule has 1 saturated heterocycles. The third-order valence-corrected chi connectivity index (χ3v) is 6.67. The van der Waals surface area contributed by atoms with E-state index in [1.165, 1.54) is 5.69 Å². The van der Waals surface area contributed by atoms with E-state index in [1.807, 2.05) is 12.1 Å². The minimum absolute atomic E-state index is 0.00818. The van der Waals surface area contributed by atoms with Gasteiger partial charge in [-0.05, 0) is 44.0 Å². The second-order valence-corrected chi connectivity index (χ2v) is 9.20. The van der Waals surface area contributed by atoms with Crippen molar-refractivity contribution in [3.8, 4) is 0 Å². The molecule has 0 radical (unpaired) electrons. The predicted molar refractivity (Wildman–Crippen MR) is 134 cm³/mol. The lowest BCUT2D eigenvalue weighted by Crippen LogP contribution is -2.43. The van der Waals surface area contributed by atoms with Crippen LogP contribution in [0.3, 0.4) is 0 Å². The Hall–Kier alpha value is -3.74. The number of anilines is 3. The first-order chi connectivity index (χ1) is 18.1. The fraction of sp³-hybridized carbons (Fsp3) is 0.440. The van der Waals surface area contributed by atoms with E-state index in [0.717, 1.165) is 57.5 Å². The molecule has 2 fully saturated rings. The summed E-state index contributed by atoms with van der Waals surface area (Å²) in [5.41, 5.74) is 2.29. The number of carboxylic acids is 1. The number of nitrogens with one attached hydrogen (secondary N) is 2. The number of halogens is 4. The maximum absolute atomic E-state index is 14.6. The van der Waals surface area contributed by atoms with Crippen molar-refractivity contribution >= 4 is 34.3 Å². The van der Waals surface area contributed by atoms with Gasteiger partial charge >= 0.3 is 12.1 Å². The van der Waals surface area contributed by atoms with Crippen LogP contribution in [0.1, 0.15) is 37.3 Å². The molecule has 0 amide bonds. The Morgan fingerprint density at radius 3 is 2.32 bits per heavy atom. The van der Waals surface area contributed by atoms with Gasteiger partial charge in [0.2, 0.25) is 5.95 Å². The Morgan fingerprint density at radius 2 is 1.74 bits per heavy atom. The standard InChI is InChI=1S/C23H27FN6O.C2HF3O2/c1-15-19-14-26-23(27-16-6-8-17(9-7-16)29-12-10-25-11-13-29)28-21(19)30(22(31)20(15)24)18-4-2-3-5-18;3-2(4,5)1(6)7/h6-9,14,18,25H,2-5,10-13H2,1H3,(H,26,27,28);(H,6,7). The zero-order valence-corrected chi connectivity index (χ0v) is 20.7. The maximum Gasteiger partial charge on any atom is 0.490 e. The lowest BCUT2D eigenvalue weighted by atomic mass is 10.1. The second-order valence-electron chi connectivity index (χ2n) is 9.20. The molecule has 1 saturated carbocycles. The Bertz CT molecular complexity index is 1350. The summed E-state index contributed by atoms with van der Waals surface area (Å²) in [6, 6.07) is 8.17. The van der Waals surface area contributed by atoms with Crippen LogP contribution in [0.5, 0.6) is 0 Å². The average Bonchev–Trinajstić information content (AvgIpc) is 3.43. The van der Waals surface area contributed by atoms with E-state index < -0.39 is 23.5 Å². The Labute approximate surface area is 215 Å². The number of rotatable bonds is 4. The summed E-state index contributed by atoms with van der Waals surface area (Å²) in [4.78, 5) is 33.0. The van der Waals surface area contributed by atoms with Crippen LogP contribution in [0.2, 0.25) is 0 Å². The monoisotopic (exact) mass is 536 g/mol. The van der Waals surface area contributed by atoms with Crippen LogP contribution in [0.15, 0.2) is 35.3 Å². The number of hydrogen-bond acceptors (Lipinski definition) is 7. The SMILES string of the molecule is Cc1c(F)c(=O)n(C2CCCC2)c2nc(Nc3ccc(N4CCNCC4)cc3)ncc12.O=C(O)C(F)(F)F. The van der Waals surface area contributed by atoms with E-state index in [1.54, 1.807) is 17.7 Å². The van der Waals surface area contributed by atoms with Crippen molar-refractivity contribution in [2.24, 2.45) is 0 Å². The van der Waals surface area contributed by atoms with Gasteiger partial charge in [0, 0.05) is 60.7 Å². The molecule has 0 spiro atoms. The molecule has 1 aromatic carbocycles. The number of fused-ring (bicyclic) bond motifs is 1. The van der Waals surface area contributed by atoms with Crippen molar-refractivity contribution in [2.75, 3.05) is 36.4 Å². The molecule has 2 aliphatic rings. The highest BCUT2D eigenvalue weighted by molar-refractivity contribution is 5.80. The van der Waals surface area contributed by atoms with Gasteiger partial charge < -0.3 is 20.6 Å². The first-order valence-corrected chi connectivity index (χ1v) is 12.3. The molecule has 5 rings (SSSR count). The Morgan fingerprint density at radius 1 is 1.13 bits per heavy atom. The number of aryl methyl sites for hydroxylation is 1. The zero-order valence-electron chi connectivity index (χ0n) is 20.7. The predicted octanol–water partition coefficient (Wildman–Crippen LogP) is 4.14. The van der Waals surface area contributed by atoms with E-state index in [-0.39, 0.29) is 6.04 Å². The van der Waals surface area contributed by atoms with E-state index >= 15 is 0 Å². The molecule has 0 unspecified atom stereocenters. The molecule has 0 bridgehead atoms. The van der Waals surface area contributed by atoms with E-state index in [0.29, 0.717) is 22.5 Å². The van der Waals surface area contributed by atoms with Crippen LogP contribution in [0.4, 0.5) is 34.9 Å². The molecule has 1 aliphatic heterocycles. The lowest BCUT2D eigenvalue weighted by molar-refractivity contribution is -0.192. The van der Waals surface area contributed by atoms with Gasteiger partial charge in [-0.25, -0.2) is 14.2 Å². The number of nitrogens with zero attached hydrogens (tertiary/aromatic N) is 4. The molecule has 1 aliphatic carbocycles. The third-order valence-electron chi connectivity index (χ3n) is 6.67. The second kappa shape index (κ2) is 11.3. The molecule has 0 atom stereocenters. The number of carbonyl (C=O) groups is 1. The van der Waals surface area contributed by atoms with E-state index in [9.17, 15) is 22.4 Å². The van der Waals surface area contributed by atoms with Gasteiger partial charge in [0.25, 0.3) is 5.56 Å². The van der Waals surface area contributed by atoms with Crippen LogP contribution in [0, 0.1) is 12.7 Å². The van der Waals surface area contributed by atoms with Gasteiger partial charge in [0.05, 0.1) is 0 Å². The first-order valence-electron chi connectivity index (χ1n) is 12.3. The molecular weight excluding hydrogens is 508 g/mol. The number of alkyl halides is 3. The zero-order chi connectivity index (χ0) is 27.4. The number of aliphatic carboxylic acids is 1. The Balaban J connectivity index is 0.000000426. The lowest BCUT2D eigenvalue weighted by Gasteiger charge is -2.29. The number of aromatic nitrogens is 3. The minimum Gasteiger partial charge on any atom is -0.475 e. The van der Waals surface area contributed by atoms with Gasteiger partial charge in [-0.1, -0.05) is 12.8 Å². The van der Waals surface area contributed by atoms with Crippen molar-refractivity contribution in [1.29, 1.82) is 0 Å². The normalized spacial score (nSPS) is 16.3. The summed E-state index contributed by atoms with van der Waals surface area (Å²) in [5, 5.41) is 14.3. The fourth-order valence-electron chi connectivity index (χ4n) is 4.67. The summed E-state index contributed by atoms with van der Waals surface area (Å²) < 4.78 is 47.9. The molecule has 9 nitrogen and oxygen atoms in total. The van der Waals surface area contributed by atoms with Crippen LogP contribution in [0.25, 0.3) is 11.0 Å². The molecule has 13 heteroatoms. The minimum atomic E-state index is -5.08. The van der Waals surface area contributed by atoms with Crippen molar-refractivity contribution in [3.05, 3.63) is 52.2 Å². The highest BCUT2D eigenvalue weighted by atomic mass is 19.4. The largest absolute Gasteiger partial charge is 0.490 e. The summed E-state index contributed by atoms with van der Waals surface area (Å²) >= 11 is 0. The third kappa shape index (κ3) is 6.04. The van der Waals surface area contributed by atoms with Crippen molar-refractivity contribution < 1.29 is 27.5 Å². The topological polar surface area (TPSA) is 112 Å². The number of pyridine rings is 1. The van der Waals surface area contributed by atoms with Gasteiger partial charge in [-0.2, -0.15) is 18.2 Å². The van der Waals surface area contributed by atoms with E-state index in [4.69, 9.17) is 9.90 Å². The molecule has 3 aromatic rings. The summed E-state index contributed by atoms with van der Waals surface area (Å²) in [5.74, 6) is -3.06. The van der Waals surface area contributed by atoms with Gasteiger partial charge in [0.15, 0.2) is 5.82 Å². The van der Waals surface area contributed by atoms with Crippen molar-refractivity contribution in [2.45, 2.75) is 44.8 Å². The van der Waals surface area contributed by atoms with Gasteiger partial charge in [-0.3, -0.25) is 9.36 Å². The summed E-state index contributed by atoms with van der Waals surface area (Å²) in [6.07, 6.45) is 0.367. The fourth-order valence-corrected chi connectivity index (χ4v) is 4.67. The number of piperazine rings is 1. The Kier molecular flexibility index (Phi) is 8.14. The molecule has 3 N–H and O–H groups in total. The number of hydrogen-bond donors (Lipinski definition) is 3. The smallest absolute Gasteiger partial charge is 0.475 e. The van der Waals surface area contributed by atoms with Crippen LogP contribution >= 0.6 is 0 Å². The van der Waals surface area contributed by atoms with Crippen LogP contribution in [-0.2, 0) is 4.79 Å². The first kappa shape index (κ1) is 27.3. The average molecular weight is 537 g/mol. The molecule has 204 valence electrons. The van der Waals surface area contributed by atoms with E-state index in [2.05, 4.69) is 37.6 Å². The summed E-state index contributed by atoms with van der Waals surface area (Å²) in [6.45, 7) is 5.59. The molecule has 38 heavy (non-hydrogen) atoms. The summed E-state index contributed by atoms with van der Waals surface area (Å²) in [7, 11) is 0. The van der Waals surface area contributed by atoms with Crippen molar-refractivity contribution in [1.82, 2.24) is 19.9 Å². The van der Waals surface area contributed by atoms with Gasteiger partial charge in [0.1, 0.15) is 5.65 Å².